The Bertz CT molecular complexity index is 732. The van der Waals surface area contributed by atoms with Crippen molar-refractivity contribution in [3.8, 4) is 0 Å². The lowest BCUT2D eigenvalue weighted by Gasteiger charge is -2.33. The fourth-order valence-corrected chi connectivity index (χ4v) is 6.25. The Hall–Kier alpha value is -1.46. The number of carbonyl (C=O) groups excluding carboxylic acids is 1. The highest BCUT2D eigenvalue weighted by atomic mass is 19.1. The van der Waals surface area contributed by atoms with Gasteiger partial charge in [0, 0.05) is 24.1 Å². The topological polar surface area (TPSA) is 66.6 Å². The summed E-state index contributed by atoms with van der Waals surface area (Å²) in [5.74, 6) is 0.109. The normalized spacial score (nSPS) is 31.5. The number of fused-ring (bicyclic) bond motifs is 1. The summed E-state index contributed by atoms with van der Waals surface area (Å²) in [6.45, 7) is 5.25. The van der Waals surface area contributed by atoms with Gasteiger partial charge in [-0.2, -0.15) is 0 Å². The third-order valence-electron chi connectivity index (χ3n) is 7.82. The van der Waals surface area contributed by atoms with E-state index < -0.39 is 11.5 Å². The number of nitrogens with zero attached hydrogens (tertiary/aromatic N) is 1. The summed E-state index contributed by atoms with van der Waals surface area (Å²) in [6.07, 6.45) is 8.39. The van der Waals surface area contributed by atoms with Crippen LogP contribution in [-0.4, -0.2) is 41.1 Å². The van der Waals surface area contributed by atoms with Gasteiger partial charge in [0.25, 0.3) is 0 Å². The Morgan fingerprint density at radius 2 is 1.89 bits per heavy atom. The first kappa shape index (κ1) is 19.8. The molecule has 0 radical (unpaired) electrons. The van der Waals surface area contributed by atoms with E-state index in [9.17, 15) is 14.3 Å². The average molecular weight is 389 g/mol. The maximum atomic E-state index is 14.1. The van der Waals surface area contributed by atoms with Gasteiger partial charge < -0.3 is 15.7 Å². The van der Waals surface area contributed by atoms with Gasteiger partial charge in [0.05, 0.1) is 5.60 Å². The van der Waals surface area contributed by atoms with Gasteiger partial charge in [-0.1, -0.05) is 26.2 Å². The van der Waals surface area contributed by atoms with E-state index in [2.05, 4.69) is 11.8 Å². The standard InChI is InChI=1S/C23H33FN2O2/c1-2-23(17-11-16(21(25)27)12-18(24)13-17)19-14-26(15-20(19)23)10-6-9-22(28)7-4-3-5-8-22/h11-13,19-20,28H,2-10,14-15H2,1H3,(H2,25,27). The van der Waals surface area contributed by atoms with Gasteiger partial charge in [-0.05, 0) is 74.2 Å². The zero-order chi connectivity index (χ0) is 19.9. The van der Waals surface area contributed by atoms with Crippen LogP contribution in [0.2, 0.25) is 0 Å². The molecule has 4 rings (SSSR count). The number of aliphatic hydroxyl groups is 1. The SMILES string of the molecule is CCC1(c2cc(F)cc(C(N)=O)c2)C2CN(CCCC3(O)CCCCC3)CC21. The number of piperidine rings is 1. The van der Waals surface area contributed by atoms with Gasteiger partial charge in [-0.15, -0.1) is 0 Å². The van der Waals surface area contributed by atoms with Crippen LogP contribution in [-0.2, 0) is 5.41 Å². The molecule has 28 heavy (non-hydrogen) atoms. The van der Waals surface area contributed by atoms with Crippen LogP contribution in [0.5, 0.6) is 0 Å². The first-order valence-electron chi connectivity index (χ1n) is 10.9. The zero-order valence-corrected chi connectivity index (χ0v) is 16.9. The molecule has 2 atom stereocenters. The maximum absolute atomic E-state index is 14.1. The summed E-state index contributed by atoms with van der Waals surface area (Å²) in [7, 11) is 0. The Labute approximate surface area is 167 Å². The van der Waals surface area contributed by atoms with E-state index in [1.54, 1.807) is 12.1 Å². The first-order valence-corrected chi connectivity index (χ1v) is 10.9. The molecule has 1 aliphatic heterocycles. The monoisotopic (exact) mass is 388 g/mol. The minimum Gasteiger partial charge on any atom is -0.390 e. The number of primary amides is 1. The van der Waals surface area contributed by atoms with Gasteiger partial charge in [0.1, 0.15) is 5.82 Å². The number of nitrogens with two attached hydrogens (primary N) is 1. The number of carbonyl (C=O) groups is 1. The predicted octanol–water partition coefficient (Wildman–Crippen LogP) is 3.61. The van der Waals surface area contributed by atoms with Crippen molar-refractivity contribution >= 4 is 5.91 Å². The summed E-state index contributed by atoms with van der Waals surface area (Å²) >= 11 is 0. The molecule has 5 heteroatoms. The largest absolute Gasteiger partial charge is 0.390 e. The molecule has 1 amide bonds. The Morgan fingerprint density at radius 1 is 1.21 bits per heavy atom. The third kappa shape index (κ3) is 3.48. The lowest BCUT2D eigenvalue weighted by Crippen LogP contribution is -2.34. The molecule has 1 aromatic rings. The number of benzene rings is 1. The van der Waals surface area contributed by atoms with Crippen LogP contribution in [0.4, 0.5) is 4.39 Å². The molecule has 0 aromatic heterocycles. The van der Waals surface area contributed by atoms with Crippen molar-refractivity contribution in [1.82, 2.24) is 4.90 Å². The molecule has 4 nitrogen and oxygen atoms in total. The molecule has 0 spiro atoms. The van der Waals surface area contributed by atoms with Crippen LogP contribution < -0.4 is 5.73 Å². The highest BCUT2D eigenvalue weighted by molar-refractivity contribution is 5.93. The van der Waals surface area contributed by atoms with E-state index in [-0.39, 0.29) is 16.8 Å². The molecule has 0 bridgehead atoms. The quantitative estimate of drug-likeness (QED) is 0.750. The minimum absolute atomic E-state index is 0.00955. The first-order chi connectivity index (χ1) is 13.4. The average Bonchev–Trinajstić information content (AvgIpc) is 3.04. The molecular weight excluding hydrogens is 355 g/mol. The highest BCUT2D eigenvalue weighted by Gasteiger charge is 2.67. The molecule has 1 heterocycles. The summed E-state index contributed by atoms with van der Waals surface area (Å²) in [6, 6.07) is 4.63. The van der Waals surface area contributed by atoms with Gasteiger partial charge in [0.15, 0.2) is 0 Å². The summed E-state index contributed by atoms with van der Waals surface area (Å²) in [4.78, 5) is 14.0. The second-order valence-electron chi connectivity index (χ2n) is 9.35. The molecule has 3 aliphatic rings. The molecule has 3 fully saturated rings. The summed E-state index contributed by atoms with van der Waals surface area (Å²) in [5, 5.41) is 10.7. The molecule has 154 valence electrons. The Kier molecular flexibility index (Phi) is 5.25. The predicted molar refractivity (Wildman–Crippen MR) is 108 cm³/mol. The lowest BCUT2D eigenvalue weighted by molar-refractivity contribution is -0.00722. The van der Waals surface area contributed by atoms with Crippen molar-refractivity contribution in [2.45, 2.75) is 69.3 Å². The number of amides is 1. The highest BCUT2D eigenvalue weighted by Crippen LogP contribution is 2.65. The number of hydrogen-bond acceptors (Lipinski definition) is 3. The smallest absolute Gasteiger partial charge is 0.248 e. The van der Waals surface area contributed by atoms with Crippen molar-refractivity contribution in [3.05, 3.63) is 35.1 Å². The maximum Gasteiger partial charge on any atom is 0.248 e. The van der Waals surface area contributed by atoms with Crippen LogP contribution in [0.1, 0.15) is 74.2 Å². The summed E-state index contributed by atoms with van der Waals surface area (Å²) < 4.78 is 14.1. The van der Waals surface area contributed by atoms with E-state index >= 15 is 0 Å². The van der Waals surface area contributed by atoms with Crippen molar-refractivity contribution in [2.75, 3.05) is 19.6 Å². The van der Waals surface area contributed by atoms with Crippen molar-refractivity contribution < 1.29 is 14.3 Å². The van der Waals surface area contributed by atoms with Crippen LogP contribution in [0.25, 0.3) is 0 Å². The molecule has 3 N–H and O–H groups in total. The number of rotatable bonds is 7. The van der Waals surface area contributed by atoms with Crippen LogP contribution in [0.15, 0.2) is 18.2 Å². The van der Waals surface area contributed by atoms with E-state index in [0.29, 0.717) is 11.8 Å². The molecule has 2 aliphatic carbocycles. The van der Waals surface area contributed by atoms with Gasteiger partial charge in [0.2, 0.25) is 5.91 Å². The molecule has 2 saturated carbocycles. The second-order valence-corrected chi connectivity index (χ2v) is 9.35. The molecule has 2 unspecified atom stereocenters. The lowest BCUT2D eigenvalue weighted by atomic mass is 9.81. The number of hydrogen-bond donors (Lipinski definition) is 2. The van der Waals surface area contributed by atoms with Gasteiger partial charge >= 0.3 is 0 Å². The van der Waals surface area contributed by atoms with E-state index in [4.69, 9.17) is 5.73 Å². The van der Waals surface area contributed by atoms with Crippen LogP contribution in [0.3, 0.4) is 0 Å². The van der Waals surface area contributed by atoms with E-state index in [1.807, 2.05) is 0 Å². The fourth-order valence-electron chi connectivity index (χ4n) is 6.25. The van der Waals surface area contributed by atoms with Crippen molar-refractivity contribution in [3.63, 3.8) is 0 Å². The van der Waals surface area contributed by atoms with E-state index in [0.717, 1.165) is 70.1 Å². The van der Waals surface area contributed by atoms with Crippen LogP contribution in [0, 0.1) is 17.7 Å². The minimum atomic E-state index is -0.569. The van der Waals surface area contributed by atoms with Gasteiger partial charge in [-0.3, -0.25) is 4.79 Å². The van der Waals surface area contributed by atoms with Gasteiger partial charge in [-0.25, -0.2) is 4.39 Å². The fraction of sp³-hybridized carbons (Fsp3) is 0.696. The molecular formula is C23H33FN2O2. The van der Waals surface area contributed by atoms with Crippen LogP contribution >= 0.6 is 0 Å². The number of halogens is 1. The zero-order valence-electron chi connectivity index (χ0n) is 16.9. The van der Waals surface area contributed by atoms with Crippen molar-refractivity contribution in [2.24, 2.45) is 17.6 Å². The van der Waals surface area contributed by atoms with Crippen molar-refractivity contribution in [1.29, 1.82) is 0 Å². The second kappa shape index (κ2) is 7.42. The third-order valence-corrected chi connectivity index (χ3v) is 7.82. The summed E-state index contributed by atoms with van der Waals surface area (Å²) in [5.41, 5.74) is 6.16. The Balaban J connectivity index is 1.36. The molecule has 1 aromatic carbocycles. The number of likely N-dealkylation sites (tertiary alicyclic amines) is 1. The Morgan fingerprint density at radius 3 is 2.50 bits per heavy atom. The molecule has 1 saturated heterocycles. The van der Waals surface area contributed by atoms with E-state index in [1.165, 1.54) is 12.5 Å².